The Morgan fingerprint density at radius 3 is 3.00 bits per heavy atom. The lowest BCUT2D eigenvalue weighted by atomic mass is 10.1. The van der Waals surface area contributed by atoms with Crippen LogP contribution in [0.2, 0.25) is 5.02 Å². The maximum Gasteiger partial charge on any atom is 0.257 e. The highest BCUT2D eigenvalue weighted by Crippen LogP contribution is 2.30. The predicted octanol–water partition coefficient (Wildman–Crippen LogP) is 2.15. The Bertz CT molecular complexity index is 655. The number of aromatic amines is 1. The maximum absolute atomic E-state index is 12.7. The van der Waals surface area contributed by atoms with Crippen LogP contribution in [-0.4, -0.2) is 40.6 Å². The molecule has 6 heteroatoms. The number of halogens is 1. The van der Waals surface area contributed by atoms with E-state index in [2.05, 4.69) is 10.2 Å². The number of nitrogens with two attached hydrogens (primary N) is 1. The third-order valence-electron chi connectivity index (χ3n) is 3.92. The number of hydrogen-bond donors (Lipinski definition) is 2. The van der Waals surface area contributed by atoms with Gasteiger partial charge in [0.1, 0.15) is 0 Å². The number of H-pyrrole nitrogens is 1. The third-order valence-corrected chi connectivity index (χ3v) is 4.25. The topological polar surface area (TPSA) is 75.0 Å². The fraction of sp³-hybridized carbons (Fsp3) is 0.333. The van der Waals surface area contributed by atoms with Crippen molar-refractivity contribution in [2.75, 3.05) is 19.6 Å². The highest BCUT2D eigenvalue weighted by Gasteiger charge is 2.28. The molecule has 1 aliphatic rings. The number of benzene rings is 1. The molecule has 5 nitrogen and oxygen atoms in total. The van der Waals surface area contributed by atoms with Crippen LogP contribution >= 0.6 is 11.6 Å². The van der Waals surface area contributed by atoms with Crippen molar-refractivity contribution in [3.05, 3.63) is 41.0 Å². The van der Waals surface area contributed by atoms with Gasteiger partial charge >= 0.3 is 0 Å². The Labute approximate surface area is 128 Å². The summed E-state index contributed by atoms with van der Waals surface area (Å²) >= 11 is 6.21. The number of carbonyl (C=O) groups excluding carboxylic acids is 1. The number of aromatic nitrogens is 2. The van der Waals surface area contributed by atoms with Crippen molar-refractivity contribution >= 4 is 17.5 Å². The largest absolute Gasteiger partial charge is 0.338 e. The van der Waals surface area contributed by atoms with E-state index >= 15 is 0 Å². The number of hydrogen-bond acceptors (Lipinski definition) is 3. The highest BCUT2D eigenvalue weighted by molar-refractivity contribution is 6.33. The number of carbonyl (C=O) groups is 1. The second kappa shape index (κ2) is 5.87. The van der Waals surface area contributed by atoms with Crippen molar-refractivity contribution in [3.63, 3.8) is 0 Å². The van der Waals surface area contributed by atoms with Crippen LogP contribution in [0.15, 0.2) is 30.5 Å². The van der Waals surface area contributed by atoms with E-state index in [0.717, 1.165) is 18.5 Å². The van der Waals surface area contributed by atoms with Crippen molar-refractivity contribution in [1.82, 2.24) is 15.1 Å². The van der Waals surface area contributed by atoms with E-state index < -0.39 is 0 Å². The van der Waals surface area contributed by atoms with Crippen molar-refractivity contribution in [3.8, 4) is 11.3 Å². The van der Waals surface area contributed by atoms with Crippen LogP contribution < -0.4 is 5.73 Å². The van der Waals surface area contributed by atoms with Gasteiger partial charge in [-0.2, -0.15) is 5.10 Å². The predicted molar refractivity (Wildman–Crippen MR) is 82.1 cm³/mol. The molecular weight excluding hydrogens is 288 g/mol. The maximum atomic E-state index is 12.7. The summed E-state index contributed by atoms with van der Waals surface area (Å²) in [5.74, 6) is 0.374. The van der Waals surface area contributed by atoms with Gasteiger partial charge in [-0.05, 0) is 24.9 Å². The van der Waals surface area contributed by atoms with Gasteiger partial charge in [0.25, 0.3) is 5.91 Å². The van der Waals surface area contributed by atoms with Crippen molar-refractivity contribution in [2.45, 2.75) is 6.42 Å². The summed E-state index contributed by atoms with van der Waals surface area (Å²) in [5.41, 5.74) is 7.69. The van der Waals surface area contributed by atoms with Crippen LogP contribution in [0.1, 0.15) is 16.8 Å². The fourth-order valence-electron chi connectivity index (χ4n) is 2.70. The van der Waals surface area contributed by atoms with E-state index in [9.17, 15) is 4.79 Å². The molecule has 1 aromatic carbocycles. The molecule has 1 aliphatic heterocycles. The zero-order valence-electron chi connectivity index (χ0n) is 11.6. The van der Waals surface area contributed by atoms with Gasteiger partial charge in [0.15, 0.2) is 0 Å². The van der Waals surface area contributed by atoms with Gasteiger partial charge in [0, 0.05) is 23.7 Å². The first kappa shape index (κ1) is 14.1. The molecule has 0 spiro atoms. The smallest absolute Gasteiger partial charge is 0.257 e. The second-order valence-corrected chi connectivity index (χ2v) is 5.69. The summed E-state index contributed by atoms with van der Waals surface area (Å²) < 4.78 is 0. The summed E-state index contributed by atoms with van der Waals surface area (Å²) in [5, 5.41) is 7.50. The SMILES string of the molecule is NCC1CCN(C(=O)c2cn[nH]c2-c2ccccc2Cl)C1. The minimum atomic E-state index is -0.0189. The average molecular weight is 305 g/mol. The molecular formula is C15H17ClN4O. The van der Waals surface area contributed by atoms with Gasteiger partial charge in [0.05, 0.1) is 17.5 Å². The summed E-state index contributed by atoms with van der Waals surface area (Å²) in [6.45, 7) is 2.07. The fourth-order valence-corrected chi connectivity index (χ4v) is 2.93. The Morgan fingerprint density at radius 2 is 2.29 bits per heavy atom. The summed E-state index contributed by atoms with van der Waals surface area (Å²) in [4.78, 5) is 14.5. The molecule has 0 aliphatic carbocycles. The minimum Gasteiger partial charge on any atom is -0.338 e. The van der Waals surface area contributed by atoms with Crippen LogP contribution in [0, 0.1) is 5.92 Å². The monoisotopic (exact) mass is 304 g/mol. The third kappa shape index (κ3) is 2.66. The molecule has 1 amide bonds. The molecule has 0 radical (unpaired) electrons. The van der Waals surface area contributed by atoms with Crippen molar-refractivity contribution in [1.29, 1.82) is 0 Å². The van der Waals surface area contributed by atoms with E-state index in [4.69, 9.17) is 17.3 Å². The lowest BCUT2D eigenvalue weighted by Crippen LogP contribution is -2.30. The minimum absolute atomic E-state index is 0.0189. The first-order chi connectivity index (χ1) is 10.2. The van der Waals surface area contributed by atoms with Crippen molar-refractivity contribution in [2.24, 2.45) is 11.7 Å². The van der Waals surface area contributed by atoms with E-state index in [0.29, 0.717) is 35.3 Å². The zero-order chi connectivity index (χ0) is 14.8. The van der Waals surface area contributed by atoms with E-state index in [1.807, 2.05) is 23.1 Å². The van der Waals surface area contributed by atoms with Crippen LogP contribution in [0.25, 0.3) is 11.3 Å². The average Bonchev–Trinajstić information content (AvgIpc) is 3.16. The van der Waals surface area contributed by atoms with Gasteiger partial charge in [-0.3, -0.25) is 9.89 Å². The number of nitrogens with zero attached hydrogens (tertiary/aromatic N) is 2. The zero-order valence-corrected chi connectivity index (χ0v) is 12.3. The molecule has 1 unspecified atom stereocenters. The summed E-state index contributed by atoms with van der Waals surface area (Å²) in [6.07, 6.45) is 2.53. The first-order valence-electron chi connectivity index (χ1n) is 6.98. The highest BCUT2D eigenvalue weighted by atomic mass is 35.5. The first-order valence-corrected chi connectivity index (χ1v) is 7.36. The Morgan fingerprint density at radius 1 is 1.48 bits per heavy atom. The summed E-state index contributed by atoms with van der Waals surface area (Å²) in [7, 11) is 0. The number of amides is 1. The van der Waals surface area contributed by atoms with Crippen LogP contribution in [0.3, 0.4) is 0 Å². The van der Waals surface area contributed by atoms with Gasteiger partial charge in [0.2, 0.25) is 0 Å². The molecule has 0 bridgehead atoms. The molecule has 2 heterocycles. The quantitative estimate of drug-likeness (QED) is 0.912. The van der Waals surface area contributed by atoms with Gasteiger partial charge in [-0.15, -0.1) is 0 Å². The number of likely N-dealkylation sites (tertiary alicyclic amines) is 1. The van der Waals surface area contributed by atoms with E-state index in [-0.39, 0.29) is 5.91 Å². The van der Waals surface area contributed by atoms with Crippen LogP contribution in [0.4, 0.5) is 0 Å². The second-order valence-electron chi connectivity index (χ2n) is 5.28. The molecule has 110 valence electrons. The van der Waals surface area contributed by atoms with Gasteiger partial charge in [-0.1, -0.05) is 29.8 Å². The Balaban J connectivity index is 1.89. The van der Waals surface area contributed by atoms with Crippen LogP contribution in [0.5, 0.6) is 0 Å². The normalized spacial score (nSPS) is 18.2. The van der Waals surface area contributed by atoms with Gasteiger partial charge in [-0.25, -0.2) is 0 Å². The molecule has 1 fully saturated rings. The molecule has 1 aromatic heterocycles. The number of rotatable bonds is 3. The summed E-state index contributed by atoms with van der Waals surface area (Å²) in [6, 6.07) is 7.41. The Kier molecular flexibility index (Phi) is 3.94. The Hall–Kier alpha value is -1.85. The van der Waals surface area contributed by atoms with Crippen molar-refractivity contribution < 1.29 is 4.79 Å². The van der Waals surface area contributed by atoms with E-state index in [1.165, 1.54) is 0 Å². The number of nitrogens with one attached hydrogen (secondary N) is 1. The molecule has 3 rings (SSSR count). The molecule has 1 saturated heterocycles. The van der Waals surface area contributed by atoms with Gasteiger partial charge < -0.3 is 10.6 Å². The lowest BCUT2D eigenvalue weighted by molar-refractivity contribution is 0.0788. The molecule has 3 N–H and O–H groups in total. The van der Waals surface area contributed by atoms with Crippen LogP contribution in [-0.2, 0) is 0 Å². The lowest BCUT2D eigenvalue weighted by Gasteiger charge is -2.16. The standard InChI is InChI=1S/C15H17ClN4O/c16-13-4-2-1-3-11(13)14-12(8-18-19-14)15(21)20-6-5-10(7-17)9-20/h1-4,8,10H,5-7,9,17H2,(H,18,19). The molecule has 1 atom stereocenters. The van der Waals surface area contributed by atoms with E-state index in [1.54, 1.807) is 12.3 Å². The molecule has 2 aromatic rings. The molecule has 0 saturated carbocycles. The molecule has 21 heavy (non-hydrogen) atoms.